The third-order valence-corrected chi connectivity index (χ3v) is 2.54. The van der Waals surface area contributed by atoms with E-state index >= 15 is 0 Å². The second kappa shape index (κ2) is 4.29. The first kappa shape index (κ1) is 9.90. The van der Waals surface area contributed by atoms with Gasteiger partial charge in [-0.3, -0.25) is 0 Å². The Morgan fingerprint density at radius 3 is 2.59 bits per heavy atom. The van der Waals surface area contributed by atoms with Crippen LogP contribution in [0.15, 0.2) is 59.8 Å². The van der Waals surface area contributed by atoms with Crippen molar-refractivity contribution in [1.29, 1.82) is 0 Å². The third kappa shape index (κ3) is 2.13. The summed E-state index contributed by atoms with van der Waals surface area (Å²) < 4.78 is 5.64. The summed E-state index contributed by atoms with van der Waals surface area (Å²) in [6.07, 6.45) is 0.658. The molecule has 0 fully saturated rings. The Bertz CT molecular complexity index is 549. The molecule has 3 nitrogen and oxygen atoms in total. The summed E-state index contributed by atoms with van der Waals surface area (Å²) in [5.41, 5.74) is 1.09. The van der Waals surface area contributed by atoms with E-state index in [1.165, 1.54) is 0 Å². The zero-order valence-electron chi connectivity index (χ0n) is 9.17. The predicted molar refractivity (Wildman–Crippen MR) is 65.3 cm³/mol. The van der Waals surface area contributed by atoms with Crippen LogP contribution in [0.1, 0.15) is 5.56 Å². The summed E-state index contributed by atoms with van der Waals surface area (Å²) in [5, 5.41) is 3.96. The number of rotatable bonds is 1. The Kier molecular flexibility index (Phi) is 2.50. The molecule has 84 valence electrons. The zero-order chi connectivity index (χ0) is 11.5. The lowest BCUT2D eigenvalue weighted by Gasteiger charge is -2.15. The Labute approximate surface area is 99.3 Å². The molecule has 0 saturated carbocycles. The van der Waals surface area contributed by atoms with Crippen LogP contribution in [0.4, 0.5) is 0 Å². The minimum atomic E-state index is 0.579. The molecule has 0 aromatic heterocycles. The van der Waals surface area contributed by atoms with Gasteiger partial charge in [0.25, 0.3) is 0 Å². The van der Waals surface area contributed by atoms with E-state index in [1.54, 1.807) is 0 Å². The molecule has 0 N–H and O–H groups in total. The van der Waals surface area contributed by atoms with Crippen LogP contribution < -0.4 is 9.57 Å². The molecule has 0 saturated heterocycles. The van der Waals surface area contributed by atoms with Gasteiger partial charge in [0.05, 0.1) is 6.42 Å². The van der Waals surface area contributed by atoms with Gasteiger partial charge in [0, 0.05) is 5.56 Å². The lowest BCUT2D eigenvalue weighted by atomic mass is 10.1. The Balaban J connectivity index is 1.78. The topological polar surface area (TPSA) is 30.8 Å². The first-order valence-corrected chi connectivity index (χ1v) is 5.46. The molecule has 0 atom stereocenters. The molecule has 1 aliphatic heterocycles. The minimum Gasteiger partial charge on any atom is -0.439 e. The lowest BCUT2D eigenvalue weighted by Crippen LogP contribution is -2.17. The molecule has 0 unspecified atom stereocenters. The van der Waals surface area contributed by atoms with Crippen LogP contribution in [0.5, 0.6) is 11.5 Å². The number of oxime groups is 1. The Hall–Kier alpha value is -2.29. The molecule has 3 rings (SSSR count). The van der Waals surface area contributed by atoms with Crippen molar-refractivity contribution in [3.05, 3.63) is 60.2 Å². The number of fused-ring (bicyclic) bond motifs is 1. The monoisotopic (exact) mass is 225 g/mol. The number of hydrogen-bond acceptors (Lipinski definition) is 3. The Morgan fingerprint density at radius 2 is 1.71 bits per heavy atom. The van der Waals surface area contributed by atoms with E-state index in [-0.39, 0.29) is 0 Å². The van der Waals surface area contributed by atoms with Gasteiger partial charge in [-0.15, -0.1) is 0 Å². The van der Waals surface area contributed by atoms with E-state index in [0.29, 0.717) is 12.3 Å². The second-order valence-electron chi connectivity index (χ2n) is 3.78. The highest BCUT2D eigenvalue weighted by atomic mass is 16.7. The van der Waals surface area contributed by atoms with Crippen molar-refractivity contribution in [2.75, 3.05) is 0 Å². The molecule has 1 heterocycles. The average molecular weight is 225 g/mol. The number of nitrogens with zero attached hydrogens (tertiary/aromatic N) is 1. The van der Waals surface area contributed by atoms with Crippen molar-refractivity contribution in [3.8, 4) is 11.5 Å². The first-order valence-electron chi connectivity index (χ1n) is 5.46. The van der Waals surface area contributed by atoms with Crippen molar-refractivity contribution in [2.45, 2.75) is 6.42 Å². The number of para-hydroxylation sites is 2. The van der Waals surface area contributed by atoms with Gasteiger partial charge in [-0.05, 0) is 23.4 Å². The molecule has 2 aromatic carbocycles. The predicted octanol–water partition coefficient (Wildman–Crippen LogP) is 3.01. The van der Waals surface area contributed by atoms with E-state index in [1.807, 2.05) is 54.6 Å². The maximum absolute atomic E-state index is 5.64. The molecular weight excluding hydrogens is 214 g/mol. The lowest BCUT2D eigenvalue weighted by molar-refractivity contribution is 0.310. The standard InChI is InChI=1S/C14H11NO2/c1-2-7-12(8-3-1)16-14-10-11-6-4-5-9-13(11)17-15-14/h1-9H,10H2. The van der Waals surface area contributed by atoms with Crippen molar-refractivity contribution < 1.29 is 9.57 Å². The van der Waals surface area contributed by atoms with E-state index in [2.05, 4.69) is 5.16 Å². The SMILES string of the molecule is c1ccc(OC2=NOc3ccccc3C2)cc1. The van der Waals surface area contributed by atoms with E-state index < -0.39 is 0 Å². The van der Waals surface area contributed by atoms with Crippen LogP contribution in [-0.4, -0.2) is 5.90 Å². The van der Waals surface area contributed by atoms with Crippen LogP contribution >= 0.6 is 0 Å². The van der Waals surface area contributed by atoms with E-state index in [4.69, 9.17) is 9.57 Å². The molecular formula is C14H11NO2. The molecule has 0 amide bonds. The highest BCUT2D eigenvalue weighted by molar-refractivity contribution is 5.82. The molecule has 0 spiro atoms. The van der Waals surface area contributed by atoms with Crippen molar-refractivity contribution in [1.82, 2.24) is 0 Å². The summed E-state index contributed by atoms with van der Waals surface area (Å²) in [4.78, 5) is 5.27. The average Bonchev–Trinajstić information content (AvgIpc) is 2.40. The fraction of sp³-hybridized carbons (Fsp3) is 0.0714. The summed E-state index contributed by atoms with van der Waals surface area (Å²) in [6, 6.07) is 17.4. The maximum Gasteiger partial charge on any atom is 0.236 e. The fourth-order valence-electron chi connectivity index (χ4n) is 1.71. The van der Waals surface area contributed by atoms with Crippen LogP contribution in [0, 0.1) is 0 Å². The summed E-state index contributed by atoms with van der Waals surface area (Å²) >= 11 is 0. The van der Waals surface area contributed by atoms with Gasteiger partial charge in [-0.25, -0.2) is 0 Å². The molecule has 2 aromatic rings. The Morgan fingerprint density at radius 1 is 0.941 bits per heavy atom. The maximum atomic E-state index is 5.64. The molecule has 1 aliphatic rings. The molecule has 0 bridgehead atoms. The van der Waals surface area contributed by atoms with Gasteiger partial charge in [0.15, 0.2) is 5.75 Å². The largest absolute Gasteiger partial charge is 0.439 e. The molecule has 0 aliphatic carbocycles. The zero-order valence-corrected chi connectivity index (χ0v) is 9.17. The van der Waals surface area contributed by atoms with E-state index in [9.17, 15) is 0 Å². The highest BCUT2D eigenvalue weighted by Crippen LogP contribution is 2.23. The first-order chi connectivity index (χ1) is 8.42. The van der Waals surface area contributed by atoms with Gasteiger partial charge in [0.2, 0.25) is 5.90 Å². The number of ether oxygens (including phenoxy) is 1. The second-order valence-corrected chi connectivity index (χ2v) is 3.78. The van der Waals surface area contributed by atoms with Crippen molar-refractivity contribution >= 4 is 5.90 Å². The van der Waals surface area contributed by atoms with Gasteiger partial charge >= 0.3 is 0 Å². The minimum absolute atomic E-state index is 0.579. The normalized spacial score (nSPS) is 13.3. The summed E-state index contributed by atoms with van der Waals surface area (Å²) in [6.45, 7) is 0. The fourth-order valence-corrected chi connectivity index (χ4v) is 1.71. The van der Waals surface area contributed by atoms with Crippen LogP contribution in [0.25, 0.3) is 0 Å². The number of benzene rings is 2. The van der Waals surface area contributed by atoms with E-state index in [0.717, 1.165) is 17.1 Å². The van der Waals surface area contributed by atoms with Crippen LogP contribution in [-0.2, 0) is 6.42 Å². The number of hydrogen-bond donors (Lipinski definition) is 0. The highest BCUT2D eigenvalue weighted by Gasteiger charge is 2.15. The van der Waals surface area contributed by atoms with Gasteiger partial charge in [0.1, 0.15) is 5.75 Å². The third-order valence-electron chi connectivity index (χ3n) is 2.54. The van der Waals surface area contributed by atoms with Crippen LogP contribution in [0.2, 0.25) is 0 Å². The quantitative estimate of drug-likeness (QED) is 0.747. The molecule has 3 heteroatoms. The smallest absolute Gasteiger partial charge is 0.236 e. The van der Waals surface area contributed by atoms with Gasteiger partial charge in [-0.1, -0.05) is 36.4 Å². The summed E-state index contributed by atoms with van der Waals surface area (Å²) in [5.74, 6) is 2.15. The van der Waals surface area contributed by atoms with Gasteiger partial charge < -0.3 is 9.57 Å². The summed E-state index contributed by atoms with van der Waals surface area (Å²) in [7, 11) is 0. The van der Waals surface area contributed by atoms with Gasteiger partial charge in [-0.2, -0.15) is 0 Å². The van der Waals surface area contributed by atoms with Crippen molar-refractivity contribution in [3.63, 3.8) is 0 Å². The van der Waals surface area contributed by atoms with Crippen molar-refractivity contribution in [2.24, 2.45) is 5.16 Å². The van der Waals surface area contributed by atoms with Crippen LogP contribution in [0.3, 0.4) is 0 Å². The molecule has 0 radical (unpaired) electrons. The molecule has 17 heavy (non-hydrogen) atoms.